The zero-order valence-electron chi connectivity index (χ0n) is 11.6. The molecular weight excluding hydrogens is 254 g/mol. The van der Waals surface area contributed by atoms with Gasteiger partial charge in [0, 0.05) is 24.5 Å². The number of hydrogen-bond donors (Lipinski definition) is 2. The number of nitrogens with one attached hydrogen (secondary N) is 1. The highest BCUT2D eigenvalue weighted by molar-refractivity contribution is 5.78. The second-order valence-corrected chi connectivity index (χ2v) is 4.98. The van der Waals surface area contributed by atoms with Crippen molar-refractivity contribution in [2.75, 3.05) is 0 Å². The first-order valence-corrected chi connectivity index (χ1v) is 6.49. The van der Waals surface area contributed by atoms with Gasteiger partial charge in [-0.3, -0.25) is 10.1 Å². The minimum absolute atomic E-state index is 0.348. The number of rotatable bonds is 5. The van der Waals surface area contributed by atoms with Gasteiger partial charge in [0.05, 0.1) is 11.1 Å². The van der Waals surface area contributed by atoms with E-state index in [1.165, 1.54) is 0 Å². The van der Waals surface area contributed by atoms with Crippen LogP contribution < -0.4 is 5.32 Å². The summed E-state index contributed by atoms with van der Waals surface area (Å²) in [6.07, 6.45) is 4.20. The molecule has 2 aromatic heterocycles. The molecule has 2 aromatic rings. The third kappa shape index (κ3) is 2.38. The molecule has 5 heteroatoms. The second kappa shape index (κ2) is 5.35. The largest absolute Gasteiger partial charge is 0.480 e. The fourth-order valence-electron chi connectivity index (χ4n) is 2.08. The zero-order chi connectivity index (χ0) is 14.8. The van der Waals surface area contributed by atoms with Crippen LogP contribution in [0.15, 0.2) is 30.6 Å². The molecule has 2 heterocycles. The van der Waals surface area contributed by atoms with Gasteiger partial charge in [-0.05, 0) is 25.5 Å². The molecule has 0 bridgehead atoms. The monoisotopic (exact) mass is 271 g/mol. The van der Waals surface area contributed by atoms with Crippen molar-refractivity contribution in [2.24, 2.45) is 0 Å². The molecule has 0 aliphatic carbocycles. The van der Waals surface area contributed by atoms with Crippen LogP contribution in [0.1, 0.15) is 31.4 Å². The fraction of sp³-hybridized carbons (Fsp3) is 0.333. The Morgan fingerprint density at radius 2 is 2.30 bits per heavy atom. The summed E-state index contributed by atoms with van der Waals surface area (Å²) in [5.74, 6) is -0.887. The number of nitrogens with zero attached hydrogens (tertiary/aromatic N) is 2. The summed E-state index contributed by atoms with van der Waals surface area (Å²) in [5, 5.41) is 21.6. The first-order chi connectivity index (χ1) is 9.51. The number of pyridine rings is 1. The van der Waals surface area contributed by atoms with Crippen LogP contribution in [0.3, 0.4) is 0 Å². The average molecular weight is 271 g/mol. The smallest absolute Gasteiger partial charge is 0.323 e. The van der Waals surface area contributed by atoms with Crippen molar-refractivity contribution in [2.45, 2.75) is 32.4 Å². The molecule has 20 heavy (non-hydrogen) atoms. The Morgan fingerprint density at radius 3 is 2.90 bits per heavy atom. The van der Waals surface area contributed by atoms with Crippen LogP contribution in [0.5, 0.6) is 0 Å². The molecule has 1 atom stereocenters. The van der Waals surface area contributed by atoms with Crippen LogP contribution in [-0.2, 0) is 11.3 Å². The van der Waals surface area contributed by atoms with E-state index in [4.69, 9.17) is 0 Å². The van der Waals surface area contributed by atoms with Gasteiger partial charge in [0.2, 0.25) is 0 Å². The molecule has 0 spiro atoms. The number of aliphatic carboxylic acids is 1. The van der Waals surface area contributed by atoms with Crippen LogP contribution >= 0.6 is 0 Å². The van der Waals surface area contributed by atoms with E-state index >= 15 is 0 Å². The van der Waals surface area contributed by atoms with E-state index in [-0.39, 0.29) is 0 Å². The summed E-state index contributed by atoms with van der Waals surface area (Å²) in [6, 6.07) is 7.83. The number of carboxylic acid groups (broad SMARTS) is 1. The van der Waals surface area contributed by atoms with Crippen molar-refractivity contribution >= 4 is 11.5 Å². The van der Waals surface area contributed by atoms with E-state index in [1.54, 1.807) is 6.92 Å². The average Bonchev–Trinajstić information content (AvgIpc) is 2.82. The number of fused-ring (bicyclic) bond motifs is 1. The summed E-state index contributed by atoms with van der Waals surface area (Å²) in [6.45, 7) is 3.82. The molecular formula is C15H17N3O2. The normalized spacial score (nSPS) is 13.8. The Kier molecular flexibility index (Phi) is 3.77. The Balaban J connectivity index is 2.31. The molecule has 0 aliphatic rings. The highest BCUT2D eigenvalue weighted by Crippen LogP contribution is 2.19. The number of carbonyl (C=O) groups is 1. The van der Waals surface area contributed by atoms with Crippen molar-refractivity contribution in [1.82, 2.24) is 9.72 Å². The van der Waals surface area contributed by atoms with Crippen molar-refractivity contribution in [3.05, 3.63) is 41.7 Å². The molecule has 0 saturated heterocycles. The Bertz CT molecular complexity index is 684. The van der Waals surface area contributed by atoms with E-state index in [0.717, 1.165) is 11.1 Å². The van der Waals surface area contributed by atoms with Gasteiger partial charge in [-0.25, -0.2) is 0 Å². The van der Waals surface area contributed by atoms with E-state index in [2.05, 4.69) is 11.4 Å². The van der Waals surface area contributed by atoms with Crippen LogP contribution in [-0.4, -0.2) is 21.0 Å². The summed E-state index contributed by atoms with van der Waals surface area (Å²) >= 11 is 0. The fourth-order valence-corrected chi connectivity index (χ4v) is 2.08. The molecule has 0 amide bonds. The molecule has 0 radical (unpaired) electrons. The molecule has 0 aliphatic heterocycles. The van der Waals surface area contributed by atoms with Gasteiger partial charge in [0.1, 0.15) is 11.6 Å². The molecule has 104 valence electrons. The van der Waals surface area contributed by atoms with Gasteiger partial charge in [-0.2, -0.15) is 5.26 Å². The predicted molar refractivity (Wildman–Crippen MR) is 75.3 cm³/mol. The van der Waals surface area contributed by atoms with E-state index in [1.807, 2.05) is 41.9 Å². The minimum atomic E-state index is -0.985. The number of carboxylic acids is 1. The van der Waals surface area contributed by atoms with Gasteiger partial charge in [0.15, 0.2) is 0 Å². The summed E-state index contributed by atoms with van der Waals surface area (Å²) in [7, 11) is 0. The lowest BCUT2D eigenvalue weighted by Gasteiger charge is -2.24. The third-order valence-electron chi connectivity index (χ3n) is 3.72. The molecule has 0 aromatic carbocycles. The number of aromatic nitrogens is 1. The molecule has 2 rings (SSSR count). The quantitative estimate of drug-likeness (QED) is 0.873. The lowest BCUT2D eigenvalue weighted by molar-refractivity contribution is -0.144. The maximum atomic E-state index is 11.3. The molecule has 0 fully saturated rings. The van der Waals surface area contributed by atoms with E-state index in [9.17, 15) is 15.2 Å². The number of nitriles is 1. The van der Waals surface area contributed by atoms with Crippen LogP contribution in [0, 0.1) is 11.3 Å². The Morgan fingerprint density at radius 1 is 1.55 bits per heavy atom. The van der Waals surface area contributed by atoms with E-state index < -0.39 is 11.5 Å². The topological polar surface area (TPSA) is 77.5 Å². The Hall–Kier alpha value is -2.32. The van der Waals surface area contributed by atoms with Crippen LogP contribution in [0.4, 0.5) is 0 Å². The van der Waals surface area contributed by atoms with Crippen molar-refractivity contribution in [3.8, 4) is 6.07 Å². The van der Waals surface area contributed by atoms with Crippen molar-refractivity contribution in [1.29, 1.82) is 5.26 Å². The SMILES string of the molecule is CCC(C)(NCc1cn2ccccc2c1C#N)C(=O)O. The first-order valence-electron chi connectivity index (χ1n) is 6.49. The first kappa shape index (κ1) is 14.1. The zero-order valence-corrected chi connectivity index (χ0v) is 11.6. The van der Waals surface area contributed by atoms with Gasteiger partial charge in [-0.15, -0.1) is 0 Å². The van der Waals surface area contributed by atoms with Gasteiger partial charge >= 0.3 is 5.97 Å². The lowest BCUT2D eigenvalue weighted by Crippen LogP contribution is -2.48. The van der Waals surface area contributed by atoms with Crippen LogP contribution in [0.25, 0.3) is 5.52 Å². The summed E-state index contributed by atoms with van der Waals surface area (Å²) in [4.78, 5) is 11.3. The molecule has 2 N–H and O–H groups in total. The van der Waals surface area contributed by atoms with E-state index in [0.29, 0.717) is 18.5 Å². The minimum Gasteiger partial charge on any atom is -0.480 e. The standard InChI is InChI=1S/C15H17N3O2/c1-3-15(2,14(19)20)17-9-11-10-18-7-5-4-6-13(18)12(11)8-16/h4-7,10,17H,3,9H2,1-2H3,(H,19,20). The second-order valence-electron chi connectivity index (χ2n) is 4.98. The third-order valence-corrected chi connectivity index (χ3v) is 3.72. The van der Waals surface area contributed by atoms with Crippen molar-refractivity contribution < 1.29 is 9.90 Å². The maximum Gasteiger partial charge on any atom is 0.323 e. The number of hydrogen-bond acceptors (Lipinski definition) is 3. The van der Waals surface area contributed by atoms with Gasteiger partial charge in [0.25, 0.3) is 0 Å². The van der Waals surface area contributed by atoms with Crippen molar-refractivity contribution in [3.63, 3.8) is 0 Å². The highest BCUT2D eigenvalue weighted by Gasteiger charge is 2.30. The molecule has 0 saturated carbocycles. The summed E-state index contributed by atoms with van der Waals surface area (Å²) in [5.41, 5.74) is 1.24. The lowest BCUT2D eigenvalue weighted by atomic mass is 9.98. The van der Waals surface area contributed by atoms with Crippen LogP contribution in [0.2, 0.25) is 0 Å². The summed E-state index contributed by atoms with van der Waals surface area (Å²) < 4.78 is 1.87. The molecule has 5 nitrogen and oxygen atoms in total. The predicted octanol–water partition coefficient (Wildman–Crippen LogP) is 2.15. The Labute approximate surface area is 117 Å². The molecule has 1 unspecified atom stereocenters. The van der Waals surface area contributed by atoms with Gasteiger partial charge in [-0.1, -0.05) is 13.0 Å². The maximum absolute atomic E-state index is 11.3. The highest BCUT2D eigenvalue weighted by atomic mass is 16.4. The van der Waals surface area contributed by atoms with Gasteiger partial charge < -0.3 is 9.51 Å².